The molecule has 2 unspecified atom stereocenters. The molecule has 16 heavy (non-hydrogen) atoms. The van der Waals surface area contributed by atoms with Gasteiger partial charge in [0.25, 0.3) is 0 Å². The number of hydrogen-bond donors (Lipinski definition) is 3. The summed E-state index contributed by atoms with van der Waals surface area (Å²) in [6.45, 7) is 0. The van der Waals surface area contributed by atoms with Crippen molar-refractivity contribution in [1.29, 1.82) is 0 Å². The van der Waals surface area contributed by atoms with Crippen LogP contribution in [0.15, 0.2) is 18.2 Å². The van der Waals surface area contributed by atoms with Gasteiger partial charge in [0.1, 0.15) is 5.75 Å². The highest BCUT2D eigenvalue weighted by Gasteiger charge is 2.68. The van der Waals surface area contributed by atoms with Crippen LogP contribution in [0.5, 0.6) is 5.75 Å². The summed E-state index contributed by atoms with van der Waals surface area (Å²) in [5.74, 6) is -1.87. The third-order valence-corrected chi connectivity index (χ3v) is 3.40. The quantitative estimate of drug-likeness (QED) is 0.606. The second kappa shape index (κ2) is 2.55. The van der Waals surface area contributed by atoms with Crippen LogP contribution in [0, 0.1) is 5.92 Å². The molecule has 3 N–H and O–H groups in total. The van der Waals surface area contributed by atoms with E-state index in [4.69, 9.17) is 5.11 Å². The van der Waals surface area contributed by atoms with Crippen molar-refractivity contribution in [3.8, 4) is 5.75 Å². The van der Waals surface area contributed by atoms with Gasteiger partial charge in [0.2, 0.25) is 5.91 Å². The number of carbonyl (C=O) groups is 2. The fraction of sp³-hybridized carbons (Fsp3) is 0.273. The van der Waals surface area contributed by atoms with Gasteiger partial charge in [0.15, 0.2) is 0 Å². The van der Waals surface area contributed by atoms with E-state index in [0.717, 1.165) is 0 Å². The van der Waals surface area contributed by atoms with Gasteiger partial charge in [-0.3, -0.25) is 9.59 Å². The Morgan fingerprint density at radius 3 is 2.88 bits per heavy atom. The Balaban J connectivity index is 2.14. The number of rotatable bonds is 1. The molecule has 0 bridgehead atoms. The number of fused-ring (bicyclic) bond motifs is 2. The van der Waals surface area contributed by atoms with Gasteiger partial charge in [-0.1, -0.05) is 0 Å². The molecule has 1 spiro atoms. The topological polar surface area (TPSA) is 86.6 Å². The summed E-state index contributed by atoms with van der Waals surface area (Å²) < 4.78 is 0. The Morgan fingerprint density at radius 2 is 2.25 bits per heavy atom. The molecule has 1 saturated carbocycles. The van der Waals surface area contributed by atoms with Crippen molar-refractivity contribution >= 4 is 17.6 Å². The number of hydrogen-bond acceptors (Lipinski definition) is 3. The largest absolute Gasteiger partial charge is 0.508 e. The van der Waals surface area contributed by atoms with Crippen LogP contribution < -0.4 is 5.32 Å². The summed E-state index contributed by atoms with van der Waals surface area (Å²) in [6.07, 6.45) is 0.310. The van der Waals surface area contributed by atoms with E-state index in [1.807, 2.05) is 0 Å². The monoisotopic (exact) mass is 219 g/mol. The summed E-state index contributed by atoms with van der Waals surface area (Å²) in [5, 5.41) is 21.0. The van der Waals surface area contributed by atoms with Crippen molar-refractivity contribution in [3.05, 3.63) is 23.8 Å². The summed E-state index contributed by atoms with van der Waals surface area (Å²) in [7, 11) is 0. The fourth-order valence-electron chi connectivity index (χ4n) is 2.48. The fourth-order valence-corrected chi connectivity index (χ4v) is 2.48. The van der Waals surface area contributed by atoms with Crippen molar-refractivity contribution in [2.75, 3.05) is 5.32 Å². The van der Waals surface area contributed by atoms with E-state index in [-0.39, 0.29) is 11.7 Å². The zero-order chi connectivity index (χ0) is 11.5. The van der Waals surface area contributed by atoms with E-state index in [0.29, 0.717) is 17.7 Å². The third-order valence-electron chi connectivity index (χ3n) is 3.40. The molecule has 1 aromatic carbocycles. The maximum Gasteiger partial charge on any atom is 0.307 e. The Hall–Kier alpha value is -2.04. The molecule has 1 aliphatic heterocycles. The smallest absolute Gasteiger partial charge is 0.307 e. The normalized spacial score (nSPS) is 30.0. The van der Waals surface area contributed by atoms with Gasteiger partial charge >= 0.3 is 5.97 Å². The van der Waals surface area contributed by atoms with Crippen molar-refractivity contribution in [3.63, 3.8) is 0 Å². The van der Waals surface area contributed by atoms with Gasteiger partial charge < -0.3 is 15.5 Å². The zero-order valence-corrected chi connectivity index (χ0v) is 8.23. The first kappa shape index (κ1) is 9.21. The second-order valence-corrected chi connectivity index (χ2v) is 4.25. The Kier molecular flexibility index (Phi) is 1.47. The molecule has 1 amide bonds. The van der Waals surface area contributed by atoms with E-state index in [9.17, 15) is 14.7 Å². The number of carbonyl (C=O) groups excluding carboxylic acids is 1. The van der Waals surface area contributed by atoms with Crippen molar-refractivity contribution < 1.29 is 19.8 Å². The molecule has 0 radical (unpaired) electrons. The van der Waals surface area contributed by atoms with Crippen LogP contribution in [0.3, 0.4) is 0 Å². The van der Waals surface area contributed by atoms with E-state index < -0.39 is 17.3 Å². The minimum absolute atomic E-state index is 0.0469. The molecular formula is C11H9NO4. The van der Waals surface area contributed by atoms with E-state index in [1.54, 1.807) is 6.07 Å². The molecule has 5 nitrogen and oxygen atoms in total. The molecule has 1 heterocycles. The lowest BCUT2D eigenvalue weighted by molar-refractivity contribution is -0.140. The van der Waals surface area contributed by atoms with Crippen molar-refractivity contribution in [2.45, 2.75) is 11.8 Å². The van der Waals surface area contributed by atoms with Gasteiger partial charge in [0, 0.05) is 5.69 Å². The van der Waals surface area contributed by atoms with Crippen LogP contribution >= 0.6 is 0 Å². The standard InChI is InChI=1S/C11H9NO4/c13-5-1-2-8-6(3-5)11(10(16)12-8)4-7(11)9(14)15/h1-3,7,13H,4H2,(H,12,16)(H,14,15). The zero-order valence-electron chi connectivity index (χ0n) is 8.23. The highest BCUT2D eigenvalue weighted by Crippen LogP contribution is 2.60. The number of anilines is 1. The number of phenolic OH excluding ortho intramolecular Hbond substituents is 1. The van der Waals surface area contributed by atoms with Gasteiger partial charge in [-0.2, -0.15) is 0 Å². The number of aromatic hydroxyl groups is 1. The number of amides is 1. The first-order valence-corrected chi connectivity index (χ1v) is 4.93. The number of aliphatic carboxylic acids is 1. The highest BCUT2D eigenvalue weighted by molar-refractivity contribution is 6.12. The Morgan fingerprint density at radius 1 is 1.50 bits per heavy atom. The van der Waals surface area contributed by atoms with Crippen LogP contribution in [0.2, 0.25) is 0 Å². The van der Waals surface area contributed by atoms with Crippen LogP contribution in [0.4, 0.5) is 5.69 Å². The maximum atomic E-state index is 11.8. The lowest BCUT2D eigenvalue weighted by atomic mass is 9.94. The van der Waals surface area contributed by atoms with Crippen LogP contribution in [0.25, 0.3) is 0 Å². The van der Waals surface area contributed by atoms with Crippen molar-refractivity contribution in [2.24, 2.45) is 5.92 Å². The van der Waals surface area contributed by atoms with Crippen LogP contribution in [-0.2, 0) is 15.0 Å². The SMILES string of the molecule is O=C(O)C1CC12C(=O)Nc1ccc(O)cc12. The molecule has 3 rings (SSSR count). The third kappa shape index (κ3) is 0.900. The lowest BCUT2D eigenvalue weighted by Gasteiger charge is -2.05. The number of carboxylic acids is 1. The molecule has 0 aromatic heterocycles. The molecule has 5 heteroatoms. The lowest BCUT2D eigenvalue weighted by Crippen LogP contribution is -2.24. The Bertz CT molecular complexity index is 525. The first-order valence-electron chi connectivity index (χ1n) is 4.93. The summed E-state index contributed by atoms with van der Waals surface area (Å²) in [6, 6.07) is 4.53. The average Bonchev–Trinajstić information content (AvgIpc) is 2.91. The molecule has 2 atom stereocenters. The molecule has 82 valence electrons. The molecule has 1 aromatic rings. The number of phenols is 1. The van der Waals surface area contributed by atoms with E-state index >= 15 is 0 Å². The predicted molar refractivity (Wildman–Crippen MR) is 54.2 cm³/mol. The maximum absolute atomic E-state index is 11.8. The minimum atomic E-state index is -0.966. The van der Waals surface area contributed by atoms with Crippen LogP contribution in [0.1, 0.15) is 12.0 Å². The molecular weight excluding hydrogens is 210 g/mol. The predicted octanol–water partition coefficient (Wildman–Crippen LogP) is 0.687. The second-order valence-electron chi connectivity index (χ2n) is 4.25. The minimum Gasteiger partial charge on any atom is -0.508 e. The summed E-state index contributed by atoms with van der Waals surface area (Å²) in [5.41, 5.74) is 0.261. The summed E-state index contributed by atoms with van der Waals surface area (Å²) in [4.78, 5) is 22.7. The number of carboxylic acid groups (broad SMARTS) is 1. The van der Waals surface area contributed by atoms with Gasteiger partial charge in [-0.15, -0.1) is 0 Å². The molecule has 1 fully saturated rings. The van der Waals surface area contributed by atoms with Crippen LogP contribution in [-0.4, -0.2) is 22.1 Å². The Labute approximate surface area is 90.7 Å². The van der Waals surface area contributed by atoms with Gasteiger partial charge in [-0.25, -0.2) is 0 Å². The first-order chi connectivity index (χ1) is 7.55. The number of benzene rings is 1. The highest BCUT2D eigenvalue weighted by atomic mass is 16.4. The molecule has 0 saturated heterocycles. The van der Waals surface area contributed by atoms with E-state index in [1.165, 1.54) is 12.1 Å². The van der Waals surface area contributed by atoms with Crippen molar-refractivity contribution in [1.82, 2.24) is 0 Å². The average molecular weight is 219 g/mol. The van der Waals surface area contributed by atoms with Gasteiger partial charge in [0.05, 0.1) is 11.3 Å². The van der Waals surface area contributed by atoms with Gasteiger partial charge in [-0.05, 0) is 30.2 Å². The van der Waals surface area contributed by atoms with E-state index in [2.05, 4.69) is 5.32 Å². The number of nitrogens with one attached hydrogen (secondary N) is 1. The molecule has 2 aliphatic rings. The molecule has 1 aliphatic carbocycles. The summed E-state index contributed by atoms with van der Waals surface area (Å²) >= 11 is 0.